The summed E-state index contributed by atoms with van der Waals surface area (Å²) < 4.78 is 2.41. The summed E-state index contributed by atoms with van der Waals surface area (Å²) in [5.41, 5.74) is 5.84. The highest BCUT2D eigenvalue weighted by Crippen LogP contribution is 2.31. The van der Waals surface area contributed by atoms with E-state index in [1.165, 1.54) is 22.4 Å². The third-order valence-electron chi connectivity index (χ3n) is 4.13. The highest BCUT2D eigenvalue weighted by Gasteiger charge is 2.29. The van der Waals surface area contributed by atoms with Crippen molar-refractivity contribution in [1.82, 2.24) is 0 Å². The third kappa shape index (κ3) is 2.07. The fourth-order valence-corrected chi connectivity index (χ4v) is 2.94. The smallest absolute Gasteiger partial charge is 0.196 e. The maximum absolute atomic E-state index is 2.41. The van der Waals surface area contributed by atoms with Gasteiger partial charge >= 0.3 is 0 Å². The van der Waals surface area contributed by atoms with Crippen LogP contribution in [-0.2, 0) is 11.8 Å². The van der Waals surface area contributed by atoms with Gasteiger partial charge in [-0.15, -0.1) is 0 Å². The predicted molar refractivity (Wildman–Crippen MR) is 79.2 cm³/mol. The van der Waals surface area contributed by atoms with Gasteiger partial charge in [-0.3, -0.25) is 0 Å². The first-order chi connectivity index (χ1) is 8.97. The fraction of sp³-hybridized carbons (Fsp3) is 0.389. The lowest BCUT2D eigenvalue weighted by molar-refractivity contribution is -0.711. The number of benzene rings is 1. The minimum Gasteiger partial charge on any atom is -0.196 e. The summed E-state index contributed by atoms with van der Waals surface area (Å²) in [6.45, 7) is 9.13. The van der Waals surface area contributed by atoms with Gasteiger partial charge in [-0.1, -0.05) is 39.0 Å². The van der Waals surface area contributed by atoms with Crippen molar-refractivity contribution in [3.63, 3.8) is 0 Å². The standard InChI is InChI=1S/C18H22N/c1-13-11-14-7-5-6-8-16(14)17-12-15(18(2,3)4)9-10-19(13)17/h5-10,12-13H,11H2,1-4H3/q+1. The van der Waals surface area contributed by atoms with Crippen LogP contribution >= 0.6 is 0 Å². The Balaban J connectivity index is 2.23. The zero-order valence-corrected chi connectivity index (χ0v) is 12.3. The Bertz CT molecular complexity index is 620. The van der Waals surface area contributed by atoms with Gasteiger partial charge in [-0.05, 0) is 29.5 Å². The van der Waals surface area contributed by atoms with Gasteiger partial charge in [0.1, 0.15) is 0 Å². The molecule has 1 aromatic heterocycles. The van der Waals surface area contributed by atoms with Crippen LogP contribution in [0.3, 0.4) is 0 Å². The number of hydrogen-bond donors (Lipinski definition) is 0. The summed E-state index contributed by atoms with van der Waals surface area (Å²) in [4.78, 5) is 0. The molecule has 1 nitrogen and oxygen atoms in total. The van der Waals surface area contributed by atoms with E-state index in [0.717, 1.165) is 6.42 Å². The maximum Gasteiger partial charge on any atom is 0.213 e. The largest absolute Gasteiger partial charge is 0.213 e. The minimum atomic E-state index is 0.200. The number of nitrogens with zero attached hydrogens (tertiary/aromatic N) is 1. The fourth-order valence-electron chi connectivity index (χ4n) is 2.94. The summed E-state index contributed by atoms with van der Waals surface area (Å²) in [5, 5.41) is 0. The first-order valence-electron chi connectivity index (χ1n) is 7.11. The zero-order chi connectivity index (χ0) is 13.6. The summed E-state index contributed by atoms with van der Waals surface area (Å²) in [6, 6.07) is 14.0. The first kappa shape index (κ1) is 12.4. The van der Waals surface area contributed by atoms with Crippen LogP contribution in [-0.4, -0.2) is 0 Å². The van der Waals surface area contributed by atoms with Gasteiger partial charge in [0.15, 0.2) is 12.2 Å². The van der Waals surface area contributed by atoms with E-state index >= 15 is 0 Å². The van der Waals surface area contributed by atoms with Gasteiger partial charge in [0.05, 0.1) is 0 Å². The Kier molecular flexibility index (Phi) is 2.74. The molecule has 0 amide bonds. The molecule has 0 bridgehead atoms. The minimum absolute atomic E-state index is 0.200. The Hall–Kier alpha value is -1.63. The van der Waals surface area contributed by atoms with Crippen LogP contribution < -0.4 is 4.57 Å². The second kappa shape index (κ2) is 4.19. The molecular weight excluding hydrogens is 230 g/mol. The molecular formula is C18H22N+. The van der Waals surface area contributed by atoms with E-state index in [9.17, 15) is 0 Å². The van der Waals surface area contributed by atoms with E-state index in [0.29, 0.717) is 6.04 Å². The molecule has 0 aliphatic carbocycles. The Morgan fingerprint density at radius 2 is 1.84 bits per heavy atom. The third-order valence-corrected chi connectivity index (χ3v) is 4.13. The van der Waals surface area contributed by atoms with Crippen molar-refractivity contribution in [1.29, 1.82) is 0 Å². The van der Waals surface area contributed by atoms with Crippen molar-refractivity contribution < 1.29 is 4.57 Å². The normalized spacial score (nSPS) is 17.8. The van der Waals surface area contributed by atoms with Crippen LogP contribution in [0, 0.1) is 0 Å². The van der Waals surface area contributed by atoms with Crippen LogP contribution in [0.5, 0.6) is 0 Å². The van der Waals surface area contributed by atoms with Crippen molar-refractivity contribution in [2.24, 2.45) is 0 Å². The topological polar surface area (TPSA) is 3.88 Å². The van der Waals surface area contributed by atoms with Crippen LogP contribution in [0.1, 0.15) is 44.9 Å². The molecule has 1 heteroatoms. The Labute approximate surface area is 115 Å². The lowest BCUT2D eigenvalue weighted by atomic mass is 9.85. The van der Waals surface area contributed by atoms with Crippen molar-refractivity contribution in [2.45, 2.75) is 45.6 Å². The number of pyridine rings is 1. The molecule has 2 aromatic rings. The van der Waals surface area contributed by atoms with Gasteiger partial charge in [-0.25, -0.2) is 0 Å². The zero-order valence-electron chi connectivity index (χ0n) is 12.3. The summed E-state index contributed by atoms with van der Waals surface area (Å²) in [6.07, 6.45) is 3.39. The highest BCUT2D eigenvalue weighted by molar-refractivity contribution is 5.63. The Morgan fingerprint density at radius 3 is 2.58 bits per heavy atom. The molecule has 98 valence electrons. The van der Waals surface area contributed by atoms with Gasteiger partial charge in [-0.2, -0.15) is 4.57 Å². The summed E-state index contributed by atoms with van der Waals surface area (Å²) in [5.74, 6) is 0. The van der Waals surface area contributed by atoms with E-state index in [1.54, 1.807) is 0 Å². The lowest BCUT2D eigenvalue weighted by Gasteiger charge is -2.23. The molecule has 1 aromatic carbocycles. The number of rotatable bonds is 0. The van der Waals surface area contributed by atoms with Crippen molar-refractivity contribution >= 4 is 0 Å². The summed E-state index contributed by atoms with van der Waals surface area (Å²) >= 11 is 0. The molecule has 2 heterocycles. The molecule has 1 aliphatic heterocycles. The van der Waals surface area contributed by atoms with Gasteiger partial charge < -0.3 is 0 Å². The number of fused-ring (bicyclic) bond motifs is 3. The predicted octanol–water partition coefficient (Wildman–Crippen LogP) is 4.06. The van der Waals surface area contributed by atoms with Crippen molar-refractivity contribution in [3.8, 4) is 11.3 Å². The van der Waals surface area contributed by atoms with E-state index in [2.05, 4.69) is 74.9 Å². The molecule has 1 aliphatic rings. The second-order valence-electron chi connectivity index (χ2n) is 6.67. The summed E-state index contributed by atoms with van der Waals surface area (Å²) in [7, 11) is 0. The highest BCUT2D eigenvalue weighted by atomic mass is 15.0. The average molecular weight is 252 g/mol. The van der Waals surface area contributed by atoms with E-state index < -0.39 is 0 Å². The molecule has 0 spiro atoms. The molecule has 3 rings (SSSR count). The van der Waals surface area contributed by atoms with E-state index in [4.69, 9.17) is 0 Å². The van der Waals surface area contributed by atoms with Gasteiger partial charge in [0.25, 0.3) is 0 Å². The quantitative estimate of drug-likeness (QED) is 0.623. The van der Waals surface area contributed by atoms with Crippen LogP contribution in [0.2, 0.25) is 0 Å². The molecule has 0 radical (unpaired) electrons. The van der Waals surface area contributed by atoms with Gasteiger partial charge in [0, 0.05) is 24.1 Å². The van der Waals surface area contributed by atoms with Crippen LogP contribution in [0.15, 0.2) is 42.6 Å². The second-order valence-corrected chi connectivity index (χ2v) is 6.67. The molecule has 0 N–H and O–H groups in total. The van der Waals surface area contributed by atoms with Crippen LogP contribution in [0.4, 0.5) is 0 Å². The first-order valence-corrected chi connectivity index (χ1v) is 7.11. The number of hydrogen-bond acceptors (Lipinski definition) is 0. The van der Waals surface area contributed by atoms with Crippen LogP contribution in [0.25, 0.3) is 11.3 Å². The molecule has 0 saturated heterocycles. The van der Waals surface area contributed by atoms with Crippen molar-refractivity contribution in [2.75, 3.05) is 0 Å². The molecule has 0 fully saturated rings. The monoisotopic (exact) mass is 252 g/mol. The Morgan fingerprint density at radius 1 is 1.11 bits per heavy atom. The molecule has 0 saturated carbocycles. The number of aromatic nitrogens is 1. The lowest BCUT2D eigenvalue weighted by Crippen LogP contribution is -2.44. The van der Waals surface area contributed by atoms with Crippen molar-refractivity contribution in [3.05, 3.63) is 53.7 Å². The van der Waals surface area contributed by atoms with E-state index in [-0.39, 0.29) is 5.41 Å². The van der Waals surface area contributed by atoms with Gasteiger partial charge in [0.2, 0.25) is 5.69 Å². The average Bonchev–Trinajstić information content (AvgIpc) is 2.37. The molecule has 1 atom stereocenters. The molecule has 19 heavy (non-hydrogen) atoms. The van der Waals surface area contributed by atoms with E-state index in [1.807, 2.05) is 0 Å². The molecule has 1 unspecified atom stereocenters. The SMILES string of the molecule is CC1Cc2ccccc2-c2cc(C(C)(C)C)cc[n+]21. The maximum atomic E-state index is 2.41.